The summed E-state index contributed by atoms with van der Waals surface area (Å²) in [5.74, 6) is -0.163. The fourth-order valence-electron chi connectivity index (χ4n) is 1.10. The molecule has 0 aromatic carbocycles. The first-order chi connectivity index (χ1) is 5.04. The third kappa shape index (κ3) is 2.27. The van der Waals surface area contributed by atoms with Crippen molar-refractivity contribution in [2.75, 3.05) is 0 Å². The van der Waals surface area contributed by atoms with Crippen LogP contribution in [0.3, 0.4) is 0 Å². The third-order valence-corrected chi connectivity index (χ3v) is 1.86. The van der Waals surface area contributed by atoms with Crippen molar-refractivity contribution in [1.29, 1.82) is 0 Å². The van der Waals surface area contributed by atoms with Crippen molar-refractivity contribution in [2.45, 2.75) is 45.3 Å². The molecule has 0 aromatic heterocycles. The number of aliphatic hydroxyl groups is 1. The zero-order valence-electron chi connectivity index (χ0n) is 7.42. The largest absolute Gasteiger partial charge is 0.382 e. The summed E-state index contributed by atoms with van der Waals surface area (Å²) in [6, 6.07) is 0.0268. The molecule has 1 rings (SSSR count). The molecule has 0 unspecified atom stereocenters. The maximum absolute atomic E-state index is 10.6. The molecular formula is C8H17NO2. The van der Waals surface area contributed by atoms with Gasteiger partial charge in [-0.2, -0.15) is 0 Å². The number of hydrogen-bond acceptors (Lipinski definition) is 3. The van der Waals surface area contributed by atoms with Gasteiger partial charge in [0.25, 0.3) is 0 Å². The van der Waals surface area contributed by atoms with Gasteiger partial charge < -0.3 is 10.8 Å². The number of Topliss-reactive ketones (excluding diaryl/α,β-unsaturated/α-hetero) is 1. The highest BCUT2D eigenvalue weighted by molar-refractivity contribution is 5.85. The molecule has 0 spiro atoms. The minimum Gasteiger partial charge on any atom is -0.382 e. The molecule has 0 saturated heterocycles. The third-order valence-electron chi connectivity index (χ3n) is 1.86. The van der Waals surface area contributed by atoms with E-state index in [2.05, 4.69) is 0 Å². The van der Waals surface area contributed by atoms with Gasteiger partial charge >= 0.3 is 0 Å². The van der Waals surface area contributed by atoms with Gasteiger partial charge in [-0.05, 0) is 19.8 Å². The zero-order chi connectivity index (χ0) is 9.07. The van der Waals surface area contributed by atoms with Crippen molar-refractivity contribution in [3.8, 4) is 0 Å². The minimum atomic E-state index is -1.07. The second kappa shape index (κ2) is 3.83. The Kier molecular flexibility index (Phi) is 3.69. The summed E-state index contributed by atoms with van der Waals surface area (Å²) in [7, 11) is 0. The van der Waals surface area contributed by atoms with Gasteiger partial charge in [-0.1, -0.05) is 13.8 Å². The van der Waals surface area contributed by atoms with Gasteiger partial charge in [-0.25, -0.2) is 0 Å². The first-order valence-corrected chi connectivity index (χ1v) is 4.03. The quantitative estimate of drug-likeness (QED) is 0.584. The fourth-order valence-corrected chi connectivity index (χ4v) is 1.10. The van der Waals surface area contributed by atoms with Crippen LogP contribution in [0.4, 0.5) is 0 Å². The van der Waals surface area contributed by atoms with Crippen LogP contribution in [-0.4, -0.2) is 22.5 Å². The Labute approximate surface area is 67.6 Å². The number of nitrogens with two attached hydrogens (primary N) is 1. The number of carbonyl (C=O) groups excluding carboxylic acids is 1. The molecule has 3 heteroatoms. The van der Waals surface area contributed by atoms with Gasteiger partial charge in [0.1, 0.15) is 5.60 Å². The Bertz CT molecular complexity index is 139. The van der Waals surface area contributed by atoms with E-state index in [9.17, 15) is 9.90 Å². The highest BCUT2D eigenvalue weighted by Gasteiger charge is 2.44. The van der Waals surface area contributed by atoms with E-state index < -0.39 is 5.60 Å². The monoisotopic (exact) mass is 159 g/mol. The maximum atomic E-state index is 10.6. The summed E-state index contributed by atoms with van der Waals surface area (Å²) < 4.78 is 0. The SMILES string of the molecule is CC.CC(=O)C1(O)CC(N)C1. The number of carbonyl (C=O) groups is 1. The minimum absolute atomic E-state index is 0.0268. The van der Waals surface area contributed by atoms with Crippen LogP contribution in [0, 0.1) is 0 Å². The molecular weight excluding hydrogens is 142 g/mol. The van der Waals surface area contributed by atoms with Crippen molar-refractivity contribution in [1.82, 2.24) is 0 Å². The predicted molar refractivity (Wildman–Crippen MR) is 44.2 cm³/mol. The Morgan fingerprint density at radius 2 is 1.91 bits per heavy atom. The summed E-state index contributed by atoms with van der Waals surface area (Å²) in [5.41, 5.74) is 4.31. The Hall–Kier alpha value is -0.410. The standard InChI is InChI=1S/C6H11NO2.C2H6/c1-4(8)6(9)2-5(7)3-6;1-2/h5,9H,2-3,7H2,1H3;1-2H3. The van der Waals surface area contributed by atoms with Crippen molar-refractivity contribution >= 4 is 5.78 Å². The van der Waals surface area contributed by atoms with E-state index in [1.165, 1.54) is 6.92 Å². The predicted octanol–water partition coefficient (Wildman–Crippen LogP) is 0.454. The molecule has 1 fully saturated rings. The summed E-state index contributed by atoms with van der Waals surface area (Å²) in [5, 5.41) is 9.23. The lowest BCUT2D eigenvalue weighted by Crippen LogP contribution is -2.55. The summed E-state index contributed by atoms with van der Waals surface area (Å²) >= 11 is 0. The lowest BCUT2D eigenvalue weighted by Gasteiger charge is -2.39. The molecule has 1 aliphatic rings. The molecule has 66 valence electrons. The van der Waals surface area contributed by atoms with Crippen LogP contribution >= 0.6 is 0 Å². The van der Waals surface area contributed by atoms with Gasteiger partial charge in [0.2, 0.25) is 0 Å². The topological polar surface area (TPSA) is 63.3 Å². The van der Waals surface area contributed by atoms with E-state index in [-0.39, 0.29) is 11.8 Å². The van der Waals surface area contributed by atoms with Gasteiger partial charge in [-0.15, -0.1) is 0 Å². The van der Waals surface area contributed by atoms with E-state index in [1.807, 2.05) is 13.8 Å². The molecule has 0 heterocycles. The van der Waals surface area contributed by atoms with Gasteiger partial charge in [0.15, 0.2) is 5.78 Å². The van der Waals surface area contributed by atoms with Crippen LogP contribution in [0.1, 0.15) is 33.6 Å². The van der Waals surface area contributed by atoms with Crippen molar-refractivity contribution in [3.05, 3.63) is 0 Å². The van der Waals surface area contributed by atoms with Crippen LogP contribution in [-0.2, 0) is 4.79 Å². The highest BCUT2D eigenvalue weighted by atomic mass is 16.3. The number of ketones is 1. The molecule has 3 nitrogen and oxygen atoms in total. The van der Waals surface area contributed by atoms with Crippen LogP contribution in [0.15, 0.2) is 0 Å². The molecule has 1 aliphatic carbocycles. The van der Waals surface area contributed by atoms with Gasteiger partial charge in [-0.3, -0.25) is 4.79 Å². The summed E-state index contributed by atoms with van der Waals surface area (Å²) in [6.07, 6.45) is 0.866. The van der Waals surface area contributed by atoms with E-state index in [1.54, 1.807) is 0 Å². The second-order valence-corrected chi connectivity index (χ2v) is 2.76. The van der Waals surface area contributed by atoms with Crippen LogP contribution in [0.25, 0.3) is 0 Å². The van der Waals surface area contributed by atoms with E-state index in [0.29, 0.717) is 12.8 Å². The smallest absolute Gasteiger partial charge is 0.161 e. The number of rotatable bonds is 1. The summed E-state index contributed by atoms with van der Waals surface area (Å²) in [4.78, 5) is 10.6. The van der Waals surface area contributed by atoms with Crippen LogP contribution in [0.2, 0.25) is 0 Å². The molecule has 0 bridgehead atoms. The Morgan fingerprint density at radius 1 is 1.55 bits per heavy atom. The van der Waals surface area contributed by atoms with E-state index >= 15 is 0 Å². The first-order valence-electron chi connectivity index (χ1n) is 4.03. The lowest BCUT2D eigenvalue weighted by molar-refractivity contribution is -0.145. The molecule has 1 saturated carbocycles. The molecule has 11 heavy (non-hydrogen) atoms. The normalized spacial score (nSPS) is 34.8. The van der Waals surface area contributed by atoms with Gasteiger partial charge in [0.05, 0.1) is 0 Å². The Balaban J connectivity index is 0.000000461. The maximum Gasteiger partial charge on any atom is 0.161 e. The van der Waals surface area contributed by atoms with Crippen molar-refractivity contribution in [2.24, 2.45) is 5.73 Å². The van der Waals surface area contributed by atoms with Crippen molar-refractivity contribution < 1.29 is 9.90 Å². The Morgan fingerprint density at radius 3 is 2.00 bits per heavy atom. The second-order valence-electron chi connectivity index (χ2n) is 2.76. The molecule has 0 atom stereocenters. The molecule has 0 aromatic rings. The van der Waals surface area contributed by atoms with Crippen LogP contribution < -0.4 is 5.73 Å². The zero-order valence-corrected chi connectivity index (χ0v) is 7.42. The lowest BCUT2D eigenvalue weighted by atomic mass is 9.74. The fraction of sp³-hybridized carbons (Fsp3) is 0.875. The summed E-state index contributed by atoms with van der Waals surface area (Å²) in [6.45, 7) is 5.39. The molecule has 0 aliphatic heterocycles. The molecule has 3 N–H and O–H groups in total. The number of hydrogen-bond donors (Lipinski definition) is 2. The molecule has 0 amide bonds. The average Bonchev–Trinajstić information content (AvgIpc) is 1.89. The molecule has 0 radical (unpaired) electrons. The van der Waals surface area contributed by atoms with Gasteiger partial charge in [0, 0.05) is 6.04 Å². The van der Waals surface area contributed by atoms with E-state index in [4.69, 9.17) is 5.73 Å². The van der Waals surface area contributed by atoms with Crippen LogP contribution in [0.5, 0.6) is 0 Å². The highest BCUT2D eigenvalue weighted by Crippen LogP contribution is 2.31. The van der Waals surface area contributed by atoms with E-state index in [0.717, 1.165) is 0 Å². The van der Waals surface area contributed by atoms with Crippen molar-refractivity contribution in [3.63, 3.8) is 0 Å². The first kappa shape index (κ1) is 10.6. The average molecular weight is 159 g/mol.